The Hall–Kier alpha value is -2.17. The Kier molecular flexibility index (Phi) is 3.88. The molecule has 0 spiro atoms. The van der Waals surface area contributed by atoms with Crippen LogP contribution in [0.4, 0.5) is 0 Å². The summed E-state index contributed by atoms with van der Waals surface area (Å²) in [6, 6.07) is 1.60. The van der Waals surface area contributed by atoms with Crippen LogP contribution >= 0.6 is 0 Å². The number of furan rings is 1. The highest BCUT2D eigenvalue weighted by atomic mass is 16.3. The van der Waals surface area contributed by atoms with Crippen LogP contribution in [-0.4, -0.2) is 21.3 Å². The Bertz CT molecular complexity index is 665. The summed E-state index contributed by atoms with van der Waals surface area (Å²) in [5.41, 5.74) is 2.51. The summed E-state index contributed by atoms with van der Waals surface area (Å²) in [6.45, 7) is 8.02. The largest absolute Gasteiger partial charge is 0.469 e. The first-order chi connectivity index (χ1) is 9.45. The monoisotopic (exact) mass is 274 g/mol. The quantitative estimate of drug-likeness (QED) is 0.621. The lowest BCUT2D eigenvalue weighted by atomic mass is 10.0. The van der Waals surface area contributed by atoms with Crippen LogP contribution < -0.4 is 0 Å². The summed E-state index contributed by atoms with van der Waals surface area (Å²) in [5.74, 6) is 0.134. The zero-order valence-corrected chi connectivity index (χ0v) is 12.2. The maximum atomic E-state index is 12.3. The van der Waals surface area contributed by atoms with Gasteiger partial charge in [-0.3, -0.25) is 14.3 Å². The summed E-state index contributed by atoms with van der Waals surface area (Å²) in [4.78, 5) is 24.4. The molecule has 0 radical (unpaired) electrons. The molecular weight excluding hydrogens is 256 g/mol. The summed E-state index contributed by atoms with van der Waals surface area (Å²) in [7, 11) is 0. The van der Waals surface area contributed by atoms with E-state index >= 15 is 0 Å². The number of hydrogen-bond donors (Lipinski definition) is 0. The fraction of sp³-hybridized carbons (Fsp3) is 0.400. The number of carbonyl (C=O) groups is 2. The van der Waals surface area contributed by atoms with Crippen molar-refractivity contribution in [3.63, 3.8) is 0 Å². The molecule has 0 atom stereocenters. The van der Waals surface area contributed by atoms with Crippen molar-refractivity contribution >= 4 is 11.6 Å². The van der Waals surface area contributed by atoms with E-state index in [2.05, 4.69) is 5.10 Å². The van der Waals surface area contributed by atoms with E-state index in [1.165, 1.54) is 6.26 Å². The predicted octanol–water partition coefficient (Wildman–Crippen LogP) is 2.88. The first-order valence-corrected chi connectivity index (χ1v) is 6.60. The van der Waals surface area contributed by atoms with Gasteiger partial charge < -0.3 is 4.42 Å². The van der Waals surface area contributed by atoms with Crippen LogP contribution in [0.3, 0.4) is 0 Å². The van der Waals surface area contributed by atoms with Crippen LogP contribution in [0.5, 0.6) is 0 Å². The van der Waals surface area contributed by atoms with E-state index in [0.29, 0.717) is 29.1 Å². The normalized spacial score (nSPS) is 10.8. The van der Waals surface area contributed by atoms with Gasteiger partial charge in [-0.2, -0.15) is 5.10 Å². The highest BCUT2D eigenvalue weighted by molar-refractivity contribution is 6.14. The lowest BCUT2D eigenvalue weighted by Gasteiger charge is -2.02. The second-order valence-electron chi connectivity index (χ2n) is 4.78. The van der Waals surface area contributed by atoms with Crippen LogP contribution in [0.1, 0.15) is 51.2 Å². The number of aryl methyl sites for hydroxylation is 3. The first kappa shape index (κ1) is 14.2. The van der Waals surface area contributed by atoms with Gasteiger partial charge in [0.1, 0.15) is 5.76 Å². The van der Waals surface area contributed by atoms with Crippen molar-refractivity contribution in [3.8, 4) is 0 Å². The molecule has 106 valence electrons. The van der Waals surface area contributed by atoms with Crippen molar-refractivity contribution in [2.45, 2.75) is 40.7 Å². The smallest absolute Gasteiger partial charge is 0.174 e. The summed E-state index contributed by atoms with van der Waals surface area (Å²) >= 11 is 0. The summed E-state index contributed by atoms with van der Waals surface area (Å²) in [6.07, 6.45) is 1.30. The average Bonchev–Trinajstić information content (AvgIpc) is 2.93. The van der Waals surface area contributed by atoms with Gasteiger partial charge in [0.15, 0.2) is 11.6 Å². The second kappa shape index (κ2) is 5.45. The minimum atomic E-state index is -0.218. The molecule has 5 nitrogen and oxygen atoms in total. The molecule has 0 unspecified atom stereocenters. The van der Waals surface area contributed by atoms with Crippen LogP contribution in [0.2, 0.25) is 0 Å². The van der Waals surface area contributed by atoms with Crippen LogP contribution in [0, 0.1) is 20.8 Å². The Labute approximate surface area is 117 Å². The third kappa shape index (κ3) is 2.43. The maximum Gasteiger partial charge on any atom is 0.174 e. The first-order valence-electron chi connectivity index (χ1n) is 6.60. The molecule has 0 saturated heterocycles. The average molecular weight is 274 g/mol. The van der Waals surface area contributed by atoms with Gasteiger partial charge in [0.2, 0.25) is 0 Å². The van der Waals surface area contributed by atoms with E-state index in [1.54, 1.807) is 24.6 Å². The SMILES string of the molecule is CCn1nc(C)c(C(=O)CC(=O)c2ccoc2C)c1C. The molecule has 2 rings (SSSR count). The highest BCUT2D eigenvalue weighted by Crippen LogP contribution is 2.18. The molecule has 2 aromatic rings. The Balaban J connectivity index is 2.23. The van der Waals surface area contributed by atoms with Crippen LogP contribution in [-0.2, 0) is 6.54 Å². The van der Waals surface area contributed by atoms with E-state index in [4.69, 9.17) is 4.42 Å². The number of nitrogens with zero attached hydrogens (tertiary/aromatic N) is 2. The fourth-order valence-corrected chi connectivity index (χ4v) is 2.41. The lowest BCUT2D eigenvalue weighted by molar-refractivity contribution is 0.0893. The third-order valence-corrected chi connectivity index (χ3v) is 3.44. The van der Waals surface area contributed by atoms with E-state index in [0.717, 1.165) is 5.69 Å². The number of ketones is 2. The van der Waals surface area contributed by atoms with Gasteiger partial charge in [0.25, 0.3) is 0 Å². The van der Waals surface area contributed by atoms with Crippen molar-refractivity contribution in [1.29, 1.82) is 0 Å². The van der Waals surface area contributed by atoms with E-state index in [9.17, 15) is 9.59 Å². The fourth-order valence-electron chi connectivity index (χ4n) is 2.41. The van der Waals surface area contributed by atoms with Crippen molar-refractivity contribution in [3.05, 3.63) is 40.6 Å². The van der Waals surface area contributed by atoms with Crippen molar-refractivity contribution in [2.75, 3.05) is 0 Å². The number of Topliss-reactive ketones (excluding diaryl/α,β-unsaturated/α-hetero) is 2. The second-order valence-corrected chi connectivity index (χ2v) is 4.78. The lowest BCUT2D eigenvalue weighted by Crippen LogP contribution is -2.11. The molecule has 0 aliphatic heterocycles. The van der Waals surface area contributed by atoms with Crippen molar-refractivity contribution in [2.24, 2.45) is 0 Å². The zero-order chi connectivity index (χ0) is 14.9. The molecular formula is C15H18N2O3. The molecule has 0 aliphatic rings. The minimum absolute atomic E-state index is 0.155. The molecule has 0 fully saturated rings. The Morgan fingerprint density at radius 2 is 1.95 bits per heavy atom. The molecule has 0 saturated carbocycles. The van der Waals surface area contributed by atoms with Gasteiger partial charge in [0, 0.05) is 12.2 Å². The maximum absolute atomic E-state index is 12.3. The molecule has 0 aliphatic carbocycles. The standard InChI is InChI=1S/C15H18N2O3/c1-5-17-10(3)15(9(2)16-17)14(19)8-13(18)12-6-7-20-11(12)4/h6-7H,5,8H2,1-4H3. The van der Waals surface area contributed by atoms with E-state index in [1.807, 2.05) is 13.8 Å². The summed E-state index contributed by atoms with van der Waals surface area (Å²) < 4.78 is 6.87. The minimum Gasteiger partial charge on any atom is -0.469 e. The van der Waals surface area contributed by atoms with Gasteiger partial charge in [-0.15, -0.1) is 0 Å². The number of rotatable bonds is 5. The molecule has 0 aromatic carbocycles. The number of aromatic nitrogens is 2. The number of carbonyl (C=O) groups excluding carboxylic acids is 2. The molecule has 0 bridgehead atoms. The Morgan fingerprint density at radius 1 is 1.25 bits per heavy atom. The van der Waals surface area contributed by atoms with Gasteiger partial charge in [-0.25, -0.2) is 0 Å². The number of hydrogen-bond acceptors (Lipinski definition) is 4. The van der Waals surface area contributed by atoms with Gasteiger partial charge >= 0.3 is 0 Å². The van der Waals surface area contributed by atoms with Gasteiger partial charge in [-0.1, -0.05) is 0 Å². The Morgan fingerprint density at radius 3 is 2.45 bits per heavy atom. The van der Waals surface area contributed by atoms with Crippen molar-refractivity contribution in [1.82, 2.24) is 9.78 Å². The van der Waals surface area contributed by atoms with Gasteiger partial charge in [-0.05, 0) is 33.8 Å². The zero-order valence-electron chi connectivity index (χ0n) is 12.2. The summed E-state index contributed by atoms with van der Waals surface area (Å²) in [5, 5.41) is 4.30. The van der Waals surface area contributed by atoms with Crippen LogP contribution in [0.15, 0.2) is 16.7 Å². The van der Waals surface area contributed by atoms with E-state index in [-0.39, 0.29) is 18.0 Å². The molecule has 20 heavy (non-hydrogen) atoms. The highest BCUT2D eigenvalue weighted by Gasteiger charge is 2.22. The molecule has 5 heteroatoms. The third-order valence-electron chi connectivity index (χ3n) is 3.44. The van der Waals surface area contributed by atoms with Crippen molar-refractivity contribution < 1.29 is 14.0 Å². The van der Waals surface area contributed by atoms with E-state index < -0.39 is 0 Å². The molecule has 0 N–H and O–H groups in total. The predicted molar refractivity (Wildman–Crippen MR) is 74.1 cm³/mol. The topological polar surface area (TPSA) is 65.1 Å². The molecule has 0 amide bonds. The van der Waals surface area contributed by atoms with Gasteiger partial charge in [0.05, 0.1) is 29.5 Å². The molecule has 2 aromatic heterocycles. The van der Waals surface area contributed by atoms with Crippen LogP contribution in [0.25, 0.3) is 0 Å². The molecule has 2 heterocycles.